The van der Waals surface area contributed by atoms with Gasteiger partial charge in [-0.3, -0.25) is 4.79 Å². The van der Waals surface area contributed by atoms with E-state index in [0.29, 0.717) is 5.56 Å². The normalized spacial score (nSPS) is 15.1. The van der Waals surface area contributed by atoms with E-state index in [-0.39, 0.29) is 5.78 Å². The van der Waals surface area contributed by atoms with Gasteiger partial charge in [0.05, 0.1) is 13.2 Å². The van der Waals surface area contributed by atoms with Crippen LogP contribution in [0.15, 0.2) is 54.6 Å². The molecule has 0 radical (unpaired) electrons. The van der Waals surface area contributed by atoms with Crippen molar-refractivity contribution in [2.45, 2.75) is 6.92 Å². The molecule has 3 nitrogen and oxygen atoms in total. The standard InChI is InChI=1S/C20H21NO2/c1-16-4-2-3-5-17(16)8-11-20(22)18-6-9-19(10-7-18)21-12-14-23-15-13-21/h2-11H,12-15H2,1H3/b11-8+. The molecule has 1 heterocycles. The Hall–Kier alpha value is -2.39. The lowest BCUT2D eigenvalue weighted by molar-refractivity contribution is 0.104. The Balaban J connectivity index is 1.69. The molecule has 1 fully saturated rings. The Morgan fingerprint density at radius 3 is 2.43 bits per heavy atom. The monoisotopic (exact) mass is 307 g/mol. The third-order valence-corrected chi connectivity index (χ3v) is 4.13. The molecular weight excluding hydrogens is 286 g/mol. The minimum atomic E-state index is 0.0294. The van der Waals surface area contributed by atoms with E-state index in [1.54, 1.807) is 6.08 Å². The topological polar surface area (TPSA) is 29.5 Å². The third kappa shape index (κ3) is 3.88. The van der Waals surface area contributed by atoms with Gasteiger partial charge in [0, 0.05) is 24.3 Å². The zero-order valence-electron chi connectivity index (χ0n) is 13.4. The highest BCUT2D eigenvalue weighted by atomic mass is 16.5. The number of aryl methyl sites for hydroxylation is 1. The Morgan fingerprint density at radius 2 is 1.74 bits per heavy atom. The molecule has 1 saturated heterocycles. The van der Waals surface area contributed by atoms with Crippen LogP contribution in [0.3, 0.4) is 0 Å². The number of benzene rings is 2. The average molecular weight is 307 g/mol. The summed E-state index contributed by atoms with van der Waals surface area (Å²) in [6.45, 7) is 5.38. The second-order valence-corrected chi connectivity index (χ2v) is 5.70. The molecule has 0 amide bonds. The number of allylic oxidation sites excluding steroid dienone is 1. The van der Waals surface area contributed by atoms with E-state index >= 15 is 0 Å². The summed E-state index contributed by atoms with van der Waals surface area (Å²) in [7, 11) is 0. The zero-order valence-corrected chi connectivity index (χ0v) is 13.4. The van der Waals surface area contributed by atoms with Gasteiger partial charge < -0.3 is 9.64 Å². The number of carbonyl (C=O) groups excluding carboxylic acids is 1. The van der Waals surface area contributed by atoms with Crippen molar-refractivity contribution in [1.82, 2.24) is 0 Å². The maximum absolute atomic E-state index is 12.3. The number of ketones is 1. The highest BCUT2D eigenvalue weighted by Crippen LogP contribution is 2.17. The minimum absolute atomic E-state index is 0.0294. The van der Waals surface area contributed by atoms with Gasteiger partial charge in [-0.2, -0.15) is 0 Å². The summed E-state index contributed by atoms with van der Waals surface area (Å²) in [4.78, 5) is 14.6. The fourth-order valence-corrected chi connectivity index (χ4v) is 2.69. The van der Waals surface area contributed by atoms with E-state index in [4.69, 9.17) is 4.74 Å². The van der Waals surface area contributed by atoms with Crippen LogP contribution in [0.5, 0.6) is 0 Å². The summed E-state index contributed by atoms with van der Waals surface area (Å²) in [6, 6.07) is 15.9. The summed E-state index contributed by atoms with van der Waals surface area (Å²) in [5, 5.41) is 0. The van der Waals surface area contributed by atoms with Gasteiger partial charge in [-0.25, -0.2) is 0 Å². The van der Waals surface area contributed by atoms with Crippen LogP contribution in [-0.2, 0) is 4.74 Å². The summed E-state index contributed by atoms with van der Waals surface area (Å²) < 4.78 is 5.36. The molecule has 118 valence electrons. The Morgan fingerprint density at radius 1 is 1.04 bits per heavy atom. The quantitative estimate of drug-likeness (QED) is 0.637. The molecule has 3 rings (SSSR count). The predicted octanol–water partition coefficient (Wildman–Crippen LogP) is 3.73. The van der Waals surface area contributed by atoms with E-state index in [1.807, 2.05) is 61.5 Å². The highest BCUT2D eigenvalue weighted by molar-refractivity contribution is 6.07. The first-order valence-corrected chi connectivity index (χ1v) is 7.95. The molecule has 0 atom stereocenters. The van der Waals surface area contributed by atoms with E-state index in [1.165, 1.54) is 5.56 Å². The first-order chi connectivity index (χ1) is 11.2. The average Bonchev–Trinajstić information content (AvgIpc) is 2.62. The number of morpholine rings is 1. The summed E-state index contributed by atoms with van der Waals surface area (Å²) in [6.07, 6.45) is 3.53. The number of hydrogen-bond acceptors (Lipinski definition) is 3. The maximum Gasteiger partial charge on any atom is 0.185 e. The minimum Gasteiger partial charge on any atom is -0.378 e. The number of hydrogen-bond donors (Lipinski definition) is 0. The molecule has 0 saturated carbocycles. The van der Waals surface area contributed by atoms with Crippen molar-refractivity contribution in [3.05, 3.63) is 71.3 Å². The summed E-state index contributed by atoms with van der Waals surface area (Å²) in [5.74, 6) is 0.0294. The smallest absolute Gasteiger partial charge is 0.185 e. The van der Waals surface area contributed by atoms with Crippen LogP contribution in [0.4, 0.5) is 5.69 Å². The molecule has 2 aromatic carbocycles. The number of ether oxygens (including phenoxy) is 1. The van der Waals surface area contributed by atoms with Gasteiger partial charge in [0.15, 0.2) is 5.78 Å². The van der Waals surface area contributed by atoms with E-state index in [9.17, 15) is 4.79 Å². The van der Waals surface area contributed by atoms with Gasteiger partial charge in [-0.15, -0.1) is 0 Å². The first kappa shape index (κ1) is 15.5. The molecule has 0 unspecified atom stereocenters. The van der Waals surface area contributed by atoms with Gasteiger partial charge in [0.25, 0.3) is 0 Å². The molecular formula is C20H21NO2. The molecule has 0 aliphatic carbocycles. The zero-order chi connectivity index (χ0) is 16.1. The van der Waals surface area contributed by atoms with Crippen molar-refractivity contribution in [2.75, 3.05) is 31.2 Å². The van der Waals surface area contributed by atoms with Crippen molar-refractivity contribution >= 4 is 17.5 Å². The molecule has 0 N–H and O–H groups in total. The maximum atomic E-state index is 12.3. The molecule has 2 aromatic rings. The Bertz CT molecular complexity index is 698. The second kappa shape index (κ2) is 7.25. The number of nitrogens with zero attached hydrogens (tertiary/aromatic N) is 1. The van der Waals surface area contributed by atoms with Crippen LogP contribution in [0.1, 0.15) is 21.5 Å². The largest absolute Gasteiger partial charge is 0.378 e. The Kier molecular flexibility index (Phi) is 4.89. The molecule has 23 heavy (non-hydrogen) atoms. The van der Waals surface area contributed by atoms with Crippen LogP contribution >= 0.6 is 0 Å². The van der Waals surface area contributed by atoms with Gasteiger partial charge >= 0.3 is 0 Å². The van der Waals surface area contributed by atoms with Crippen LogP contribution in [0.2, 0.25) is 0 Å². The van der Waals surface area contributed by atoms with Crippen LogP contribution in [-0.4, -0.2) is 32.1 Å². The van der Waals surface area contributed by atoms with E-state index in [0.717, 1.165) is 37.6 Å². The molecule has 1 aliphatic heterocycles. The van der Waals surface area contributed by atoms with Gasteiger partial charge in [-0.05, 0) is 48.4 Å². The van der Waals surface area contributed by atoms with Crippen LogP contribution in [0.25, 0.3) is 6.08 Å². The number of rotatable bonds is 4. The van der Waals surface area contributed by atoms with Crippen LogP contribution in [0, 0.1) is 6.92 Å². The van der Waals surface area contributed by atoms with Gasteiger partial charge in [0.1, 0.15) is 0 Å². The number of carbonyl (C=O) groups is 1. The fourth-order valence-electron chi connectivity index (χ4n) is 2.69. The molecule has 1 aliphatic rings. The molecule has 3 heteroatoms. The fraction of sp³-hybridized carbons (Fsp3) is 0.250. The highest BCUT2D eigenvalue weighted by Gasteiger charge is 2.11. The lowest BCUT2D eigenvalue weighted by Gasteiger charge is -2.28. The molecule has 0 bridgehead atoms. The third-order valence-electron chi connectivity index (χ3n) is 4.13. The Labute approximate surface area is 137 Å². The molecule has 0 spiro atoms. The van der Waals surface area contributed by atoms with E-state index < -0.39 is 0 Å². The lowest BCUT2D eigenvalue weighted by Crippen LogP contribution is -2.36. The first-order valence-electron chi connectivity index (χ1n) is 7.95. The van der Waals surface area contributed by atoms with Crippen molar-refractivity contribution in [2.24, 2.45) is 0 Å². The van der Waals surface area contributed by atoms with Gasteiger partial charge in [0.2, 0.25) is 0 Å². The van der Waals surface area contributed by atoms with E-state index in [2.05, 4.69) is 4.90 Å². The summed E-state index contributed by atoms with van der Waals surface area (Å²) >= 11 is 0. The second-order valence-electron chi connectivity index (χ2n) is 5.70. The number of anilines is 1. The van der Waals surface area contributed by atoms with Crippen LogP contribution < -0.4 is 4.90 Å². The predicted molar refractivity (Wildman–Crippen MR) is 94.0 cm³/mol. The van der Waals surface area contributed by atoms with Crippen molar-refractivity contribution in [3.63, 3.8) is 0 Å². The van der Waals surface area contributed by atoms with Crippen molar-refractivity contribution in [1.29, 1.82) is 0 Å². The van der Waals surface area contributed by atoms with Gasteiger partial charge in [-0.1, -0.05) is 30.3 Å². The summed E-state index contributed by atoms with van der Waals surface area (Å²) in [5.41, 5.74) is 4.10. The van der Waals surface area contributed by atoms with Crippen molar-refractivity contribution in [3.8, 4) is 0 Å². The lowest BCUT2D eigenvalue weighted by atomic mass is 10.1. The molecule has 0 aromatic heterocycles. The SMILES string of the molecule is Cc1ccccc1/C=C/C(=O)c1ccc(N2CCOCC2)cc1. The van der Waals surface area contributed by atoms with Crippen molar-refractivity contribution < 1.29 is 9.53 Å².